The molecule has 1 N–H and O–H groups in total. The molecule has 0 radical (unpaired) electrons. The summed E-state index contributed by atoms with van der Waals surface area (Å²) in [6.45, 7) is 8.06. The van der Waals surface area contributed by atoms with E-state index < -0.39 is 23.7 Å². The molecule has 0 bridgehead atoms. The van der Waals surface area contributed by atoms with Crippen molar-refractivity contribution in [1.29, 1.82) is 0 Å². The fourth-order valence-electron chi connectivity index (χ4n) is 4.07. The molecular weight excluding hydrogens is 450 g/mol. The van der Waals surface area contributed by atoms with Crippen LogP contribution in [0.4, 0.5) is 0 Å². The van der Waals surface area contributed by atoms with Crippen LogP contribution in [0.3, 0.4) is 0 Å². The molecule has 1 fully saturated rings. The summed E-state index contributed by atoms with van der Waals surface area (Å²) >= 11 is 0. The number of aliphatic hydroxyl groups is 1. The van der Waals surface area contributed by atoms with Crippen molar-refractivity contribution in [3.05, 3.63) is 59.2 Å². The van der Waals surface area contributed by atoms with Gasteiger partial charge in [-0.1, -0.05) is 25.5 Å². The largest absolute Gasteiger partial charge is 0.507 e. The number of likely N-dealkylation sites (tertiary alicyclic amines) is 1. The maximum atomic E-state index is 13.2. The van der Waals surface area contributed by atoms with E-state index in [0.29, 0.717) is 43.2 Å². The molecule has 8 heteroatoms. The van der Waals surface area contributed by atoms with Crippen LogP contribution in [0, 0.1) is 0 Å². The van der Waals surface area contributed by atoms with Crippen LogP contribution in [0.5, 0.6) is 17.2 Å². The minimum Gasteiger partial charge on any atom is -0.507 e. The molecule has 1 heterocycles. The minimum absolute atomic E-state index is 0.0452. The Morgan fingerprint density at radius 1 is 1.00 bits per heavy atom. The molecule has 1 aliphatic rings. The van der Waals surface area contributed by atoms with Crippen LogP contribution in [0.2, 0.25) is 0 Å². The van der Waals surface area contributed by atoms with Gasteiger partial charge in [0, 0.05) is 19.5 Å². The Kier molecular flexibility index (Phi) is 8.52. The predicted octanol–water partition coefficient (Wildman–Crippen LogP) is 4.63. The first-order valence-electron chi connectivity index (χ1n) is 11.8. The van der Waals surface area contributed by atoms with E-state index in [9.17, 15) is 19.5 Å². The summed E-state index contributed by atoms with van der Waals surface area (Å²) in [5.74, 6) is -1.11. The van der Waals surface area contributed by atoms with Gasteiger partial charge in [0.25, 0.3) is 11.7 Å². The van der Waals surface area contributed by atoms with Gasteiger partial charge in [-0.15, -0.1) is 0 Å². The number of carbonyl (C=O) groups is 3. The second-order valence-corrected chi connectivity index (χ2v) is 8.04. The summed E-state index contributed by atoms with van der Waals surface area (Å²) in [5.41, 5.74) is 0.783. The van der Waals surface area contributed by atoms with Crippen LogP contribution >= 0.6 is 0 Å². The highest BCUT2D eigenvalue weighted by atomic mass is 16.5. The van der Waals surface area contributed by atoms with Crippen molar-refractivity contribution in [2.75, 3.05) is 19.8 Å². The Balaban J connectivity index is 2.19. The number of nitrogens with zero attached hydrogens (tertiary/aromatic N) is 1. The van der Waals surface area contributed by atoms with E-state index in [0.717, 1.165) is 6.42 Å². The Bertz CT molecular complexity index is 1140. The maximum absolute atomic E-state index is 13.2. The van der Waals surface area contributed by atoms with Crippen LogP contribution in [0.15, 0.2) is 48.0 Å². The van der Waals surface area contributed by atoms with Gasteiger partial charge in [0.15, 0.2) is 0 Å². The van der Waals surface area contributed by atoms with Crippen LogP contribution in [-0.4, -0.2) is 47.4 Å². The smallest absolute Gasteiger partial charge is 0.308 e. The molecule has 0 aliphatic carbocycles. The average molecular weight is 482 g/mol. The van der Waals surface area contributed by atoms with Crippen LogP contribution in [-0.2, 0) is 14.4 Å². The number of unbranched alkanes of at least 4 members (excludes halogenated alkanes) is 1. The van der Waals surface area contributed by atoms with E-state index >= 15 is 0 Å². The summed E-state index contributed by atoms with van der Waals surface area (Å²) in [6, 6.07) is 10.7. The number of esters is 1. The van der Waals surface area contributed by atoms with Crippen molar-refractivity contribution in [2.24, 2.45) is 0 Å². The van der Waals surface area contributed by atoms with Crippen molar-refractivity contribution >= 4 is 23.4 Å². The topological polar surface area (TPSA) is 102 Å². The number of benzene rings is 2. The van der Waals surface area contributed by atoms with Gasteiger partial charge in [-0.2, -0.15) is 0 Å². The van der Waals surface area contributed by atoms with Crippen LogP contribution in [0.1, 0.15) is 57.7 Å². The SMILES string of the molecule is CCCCN1C(=O)C(=O)/C(=C(\O)c2ccc(OCC)cc2OCC)C1c1cccc(OC(C)=O)c1. The molecule has 3 rings (SSSR count). The standard InChI is InChI=1S/C27H31NO7/c1-5-8-14-28-24(18-10-9-11-20(15-18)35-17(4)29)23(26(31)27(28)32)25(30)21-13-12-19(33-6-2)16-22(21)34-7-3/h9-13,15-16,24,30H,5-8,14H2,1-4H3/b25-23-. The van der Waals surface area contributed by atoms with E-state index in [2.05, 4.69) is 0 Å². The molecule has 2 aromatic carbocycles. The molecule has 2 aromatic rings. The van der Waals surface area contributed by atoms with Crippen molar-refractivity contribution in [3.8, 4) is 17.2 Å². The lowest BCUT2D eigenvalue weighted by Crippen LogP contribution is -2.30. The fraction of sp³-hybridized carbons (Fsp3) is 0.370. The number of rotatable bonds is 10. The Labute approximate surface area is 205 Å². The van der Waals surface area contributed by atoms with Gasteiger partial charge in [0.1, 0.15) is 23.0 Å². The number of amides is 1. The van der Waals surface area contributed by atoms with Gasteiger partial charge < -0.3 is 24.2 Å². The third-order valence-electron chi connectivity index (χ3n) is 5.55. The molecule has 1 aliphatic heterocycles. The van der Waals surface area contributed by atoms with E-state index in [1.807, 2.05) is 13.8 Å². The molecular formula is C27H31NO7. The summed E-state index contributed by atoms with van der Waals surface area (Å²) < 4.78 is 16.5. The normalized spacial score (nSPS) is 16.9. The number of carbonyl (C=O) groups excluding carboxylic acids is 3. The first kappa shape index (κ1) is 25.8. The molecule has 1 saturated heterocycles. The number of Topliss-reactive ketones (excluding diaryl/α,β-unsaturated/α-hetero) is 1. The van der Waals surface area contributed by atoms with Gasteiger partial charge in [0.05, 0.1) is 30.4 Å². The number of aliphatic hydroxyl groups excluding tert-OH is 1. The second-order valence-electron chi connectivity index (χ2n) is 8.04. The van der Waals surface area contributed by atoms with Gasteiger partial charge in [-0.3, -0.25) is 14.4 Å². The highest BCUT2D eigenvalue weighted by molar-refractivity contribution is 6.46. The average Bonchev–Trinajstić information content (AvgIpc) is 3.07. The Morgan fingerprint density at radius 3 is 2.40 bits per heavy atom. The van der Waals surface area contributed by atoms with E-state index in [1.165, 1.54) is 11.8 Å². The third-order valence-corrected chi connectivity index (χ3v) is 5.55. The van der Waals surface area contributed by atoms with Gasteiger partial charge in [0.2, 0.25) is 0 Å². The number of ether oxygens (including phenoxy) is 3. The van der Waals surface area contributed by atoms with Crippen LogP contribution in [0.25, 0.3) is 5.76 Å². The number of hydrogen-bond donors (Lipinski definition) is 1. The van der Waals surface area contributed by atoms with Gasteiger partial charge >= 0.3 is 5.97 Å². The van der Waals surface area contributed by atoms with Gasteiger partial charge in [-0.05, 0) is 50.1 Å². The Morgan fingerprint density at radius 2 is 1.74 bits per heavy atom. The van der Waals surface area contributed by atoms with E-state index in [4.69, 9.17) is 14.2 Å². The zero-order valence-corrected chi connectivity index (χ0v) is 20.5. The first-order chi connectivity index (χ1) is 16.8. The molecule has 0 aromatic heterocycles. The first-order valence-corrected chi connectivity index (χ1v) is 11.8. The molecule has 1 atom stereocenters. The number of hydrogen-bond acceptors (Lipinski definition) is 7. The van der Waals surface area contributed by atoms with Crippen molar-refractivity contribution in [1.82, 2.24) is 4.90 Å². The second kappa shape index (κ2) is 11.6. The summed E-state index contributed by atoms with van der Waals surface area (Å²) in [5, 5.41) is 11.4. The predicted molar refractivity (Wildman–Crippen MR) is 130 cm³/mol. The minimum atomic E-state index is -0.849. The maximum Gasteiger partial charge on any atom is 0.308 e. The third kappa shape index (κ3) is 5.65. The lowest BCUT2D eigenvalue weighted by Gasteiger charge is -2.25. The molecule has 186 valence electrons. The van der Waals surface area contributed by atoms with Gasteiger partial charge in [-0.25, -0.2) is 0 Å². The quantitative estimate of drug-likeness (QED) is 0.173. The van der Waals surface area contributed by atoms with Crippen molar-refractivity contribution in [3.63, 3.8) is 0 Å². The Hall–Kier alpha value is -3.81. The van der Waals surface area contributed by atoms with Crippen molar-refractivity contribution < 1.29 is 33.7 Å². The molecule has 8 nitrogen and oxygen atoms in total. The van der Waals surface area contributed by atoms with Crippen molar-refractivity contribution in [2.45, 2.75) is 46.6 Å². The number of ketones is 1. The van der Waals surface area contributed by atoms with E-state index in [1.54, 1.807) is 49.4 Å². The summed E-state index contributed by atoms with van der Waals surface area (Å²) in [4.78, 5) is 39.2. The lowest BCUT2D eigenvalue weighted by molar-refractivity contribution is -0.139. The van der Waals surface area contributed by atoms with E-state index in [-0.39, 0.29) is 22.6 Å². The lowest BCUT2D eigenvalue weighted by atomic mass is 9.94. The van der Waals surface area contributed by atoms with Crippen LogP contribution < -0.4 is 14.2 Å². The molecule has 0 saturated carbocycles. The zero-order chi connectivity index (χ0) is 25.5. The molecule has 35 heavy (non-hydrogen) atoms. The summed E-state index contributed by atoms with van der Waals surface area (Å²) in [6.07, 6.45) is 1.50. The molecule has 1 amide bonds. The fourth-order valence-corrected chi connectivity index (χ4v) is 4.07. The molecule has 1 unspecified atom stereocenters. The zero-order valence-electron chi connectivity index (χ0n) is 20.5. The highest BCUT2D eigenvalue weighted by Gasteiger charge is 2.46. The molecule has 0 spiro atoms. The summed E-state index contributed by atoms with van der Waals surface area (Å²) in [7, 11) is 0. The highest BCUT2D eigenvalue weighted by Crippen LogP contribution is 2.42. The monoisotopic (exact) mass is 481 g/mol.